The molecule has 0 aliphatic heterocycles. The summed E-state index contributed by atoms with van der Waals surface area (Å²) in [4.78, 5) is 13.6. The fraction of sp³-hybridized carbons (Fsp3) is 0.462. The van der Waals surface area contributed by atoms with Gasteiger partial charge in [-0.3, -0.25) is 4.79 Å². The topological polar surface area (TPSA) is 32.3 Å². The molecule has 0 aromatic heterocycles. The molecule has 1 fully saturated rings. The Hall–Kier alpha value is -1.65. The highest BCUT2D eigenvalue weighted by atomic mass is 19.1. The highest BCUT2D eigenvalue weighted by Gasteiger charge is 2.27. The Morgan fingerprint density at radius 3 is 2.28 bits per heavy atom. The van der Waals surface area contributed by atoms with E-state index in [1.807, 2.05) is 0 Å². The molecule has 1 aromatic rings. The predicted molar refractivity (Wildman–Crippen MR) is 65.6 cm³/mol. The molecule has 0 heterocycles. The molecule has 1 saturated carbocycles. The summed E-state index contributed by atoms with van der Waals surface area (Å²) < 4.78 is 27.1. The van der Waals surface area contributed by atoms with Gasteiger partial charge in [0.15, 0.2) is 0 Å². The van der Waals surface area contributed by atoms with Crippen molar-refractivity contribution in [2.24, 2.45) is 0 Å². The molecule has 3 nitrogen and oxygen atoms in total. The maximum absolute atomic E-state index is 13.6. The molecule has 1 N–H and O–H groups in total. The molecule has 0 bridgehead atoms. The summed E-state index contributed by atoms with van der Waals surface area (Å²) in [7, 11) is 3.11. The maximum atomic E-state index is 13.6. The third-order valence-corrected chi connectivity index (χ3v) is 3.48. The summed E-state index contributed by atoms with van der Waals surface area (Å²) in [6.45, 7) is 0. The van der Waals surface area contributed by atoms with Crippen LogP contribution in [0.15, 0.2) is 12.1 Å². The Morgan fingerprint density at radius 2 is 1.89 bits per heavy atom. The molecule has 18 heavy (non-hydrogen) atoms. The van der Waals surface area contributed by atoms with Crippen LogP contribution >= 0.6 is 0 Å². The molecule has 5 heteroatoms. The summed E-state index contributed by atoms with van der Waals surface area (Å²) in [6.07, 6.45) is 3.02. The van der Waals surface area contributed by atoms with Gasteiger partial charge in [-0.2, -0.15) is 0 Å². The Bertz CT molecular complexity index is 449. The lowest BCUT2D eigenvalue weighted by Crippen LogP contribution is -2.41. The molecule has 1 amide bonds. The number of nitrogens with zero attached hydrogens (tertiary/aromatic N) is 1. The first kappa shape index (κ1) is 12.8. The van der Waals surface area contributed by atoms with E-state index in [4.69, 9.17) is 0 Å². The normalized spacial score (nSPS) is 15.1. The van der Waals surface area contributed by atoms with E-state index in [-0.39, 0.29) is 23.2 Å². The molecular formula is C13H16F2N2O. The quantitative estimate of drug-likeness (QED) is 0.899. The Balaban J connectivity index is 2.25. The first-order valence-electron chi connectivity index (χ1n) is 5.98. The van der Waals surface area contributed by atoms with Crippen LogP contribution in [0.1, 0.15) is 29.6 Å². The number of hydrogen-bond acceptors (Lipinski definition) is 2. The van der Waals surface area contributed by atoms with Crippen LogP contribution in [0.3, 0.4) is 0 Å². The minimum Gasteiger partial charge on any atom is -0.383 e. The van der Waals surface area contributed by atoms with E-state index in [0.717, 1.165) is 31.4 Å². The van der Waals surface area contributed by atoms with E-state index in [9.17, 15) is 13.6 Å². The van der Waals surface area contributed by atoms with Gasteiger partial charge in [-0.25, -0.2) is 8.78 Å². The summed E-state index contributed by atoms with van der Waals surface area (Å²) >= 11 is 0. The summed E-state index contributed by atoms with van der Waals surface area (Å²) in [5.41, 5.74) is -0.156. The molecular weight excluding hydrogens is 238 g/mol. The molecule has 1 aromatic carbocycles. The zero-order chi connectivity index (χ0) is 13.3. The smallest absolute Gasteiger partial charge is 0.254 e. The number of carbonyl (C=O) groups excluding carboxylic acids is 1. The average Bonchev–Trinajstić information content (AvgIpc) is 2.25. The van der Waals surface area contributed by atoms with Gasteiger partial charge in [0.25, 0.3) is 5.91 Å². The van der Waals surface area contributed by atoms with Crippen molar-refractivity contribution in [3.05, 3.63) is 29.3 Å². The predicted octanol–water partition coefficient (Wildman–Crippen LogP) is 2.63. The number of carbonyl (C=O) groups is 1. The minimum absolute atomic E-state index is 0.0541. The van der Waals surface area contributed by atoms with Crippen molar-refractivity contribution in [2.45, 2.75) is 25.3 Å². The summed E-state index contributed by atoms with van der Waals surface area (Å²) in [5.74, 6) is -1.83. The third kappa shape index (κ3) is 2.17. The standard InChI is InChI=1S/C13H16F2N2O/c1-16-12-10(14)6-8(7-11(12)15)13(18)17(2)9-4-3-5-9/h6-7,9,16H,3-5H2,1-2H3. The van der Waals surface area contributed by atoms with Crippen LogP contribution in [0.5, 0.6) is 0 Å². The number of halogens is 2. The lowest BCUT2D eigenvalue weighted by molar-refractivity contribution is 0.0651. The minimum atomic E-state index is -0.747. The van der Waals surface area contributed by atoms with Gasteiger partial charge in [0.1, 0.15) is 17.3 Å². The molecule has 0 radical (unpaired) electrons. The lowest BCUT2D eigenvalue weighted by atomic mass is 9.91. The van der Waals surface area contributed by atoms with Crippen LogP contribution in [0, 0.1) is 11.6 Å². The first-order chi connectivity index (χ1) is 8.54. The highest BCUT2D eigenvalue weighted by Crippen LogP contribution is 2.26. The monoisotopic (exact) mass is 254 g/mol. The zero-order valence-electron chi connectivity index (χ0n) is 10.5. The van der Waals surface area contributed by atoms with Crippen molar-refractivity contribution in [3.63, 3.8) is 0 Å². The molecule has 0 atom stereocenters. The van der Waals surface area contributed by atoms with Crippen molar-refractivity contribution in [3.8, 4) is 0 Å². The molecule has 2 rings (SSSR count). The average molecular weight is 254 g/mol. The van der Waals surface area contributed by atoms with Gasteiger partial charge >= 0.3 is 0 Å². The number of amides is 1. The maximum Gasteiger partial charge on any atom is 0.254 e. The van der Waals surface area contributed by atoms with Gasteiger partial charge in [0, 0.05) is 25.7 Å². The van der Waals surface area contributed by atoms with E-state index in [1.165, 1.54) is 7.05 Å². The van der Waals surface area contributed by atoms with Gasteiger partial charge in [0.2, 0.25) is 0 Å². The van der Waals surface area contributed by atoms with E-state index in [2.05, 4.69) is 5.32 Å². The number of hydrogen-bond donors (Lipinski definition) is 1. The summed E-state index contributed by atoms with van der Waals surface area (Å²) in [5, 5.41) is 2.43. The lowest BCUT2D eigenvalue weighted by Gasteiger charge is -2.34. The fourth-order valence-electron chi connectivity index (χ4n) is 2.08. The SMILES string of the molecule is CNc1c(F)cc(C(=O)N(C)C2CCC2)cc1F. The second kappa shape index (κ2) is 4.92. The number of benzene rings is 1. The second-order valence-electron chi connectivity index (χ2n) is 4.57. The zero-order valence-corrected chi connectivity index (χ0v) is 10.5. The molecule has 1 aliphatic rings. The van der Waals surface area contributed by atoms with Gasteiger partial charge in [0.05, 0.1) is 0 Å². The van der Waals surface area contributed by atoms with Crippen molar-refractivity contribution in [2.75, 3.05) is 19.4 Å². The van der Waals surface area contributed by atoms with Crippen LogP contribution < -0.4 is 5.32 Å². The number of anilines is 1. The van der Waals surface area contributed by atoms with Gasteiger partial charge < -0.3 is 10.2 Å². The molecule has 0 unspecified atom stereocenters. The highest BCUT2D eigenvalue weighted by molar-refractivity contribution is 5.94. The van der Waals surface area contributed by atoms with Crippen molar-refractivity contribution >= 4 is 11.6 Å². The Morgan fingerprint density at radius 1 is 1.33 bits per heavy atom. The van der Waals surface area contributed by atoms with Crippen LogP contribution in [0.4, 0.5) is 14.5 Å². The Labute approximate surface area is 105 Å². The van der Waals surface area contributed by atoms with E-state index >= 15 is 0 Å². The van der Waals surface area contributed by atoms with Gasteiger partial charge in [-0.05, 0) is 31.4 Å². The van der Waals surface area contributed by atoms with Gasteiger partial charge in [-0.1, -0.05) is 0 Å². The molecule has 0 spiro atoms. The second-order valence-corrected chi connectivity index (χ2v) is 4.57. The van der Waals surface area contributed by atoms with Crippen molar-refractivity contribution < 1.29 is 13.6 Å². The fourth-order valence-corrected chi connectivity index (χ4v) is 2.08. The van der Waals surface area contributed by atoms with Crippen LogP contribution in [0.25, 0.3) is 0 Å². The third-order valence-electron chi connectivity index (χ3n) is 3.48. The number of rotatable bonds is 3. The molecule has 0 saturated heterocycles. The van der Waals surface area contributed by atoms with E-state index < -0.39 is 11.6 Å². The van der Waals surface area contributed by atoms with E-state index in [0.29, 0.717) is 0 Å². The molecule has 98 valence electrons. The van der Waals surface area contributed by atoms with Crippen LogP contribution in [0.2, 0.25) is 0 Å². The molecule has 1 aliphatic carbocycles. The van der Waals surface area contributed by atoms with Crippen molar-refractivity contribution in [1.82, 2.24) is 4.90 Å². The van der Waals surface area contributed by atoms with Crippen LogP contribution in [-0.4, -0.2) is 30.9 Å². The van der Waals surface area contributed by atoms with Gasteiger partial charge in [-0.15, -0.1) is 0 Å². The first-order valence-corrected chi connectivity index (χ1v) is 5.98. The Kier molecular flexibility index (Phi) is 3.50. The summed E-state index contributed by atoms with van der Waals surface area (Å²) in [6, 6.07) is 2.35. The van der Waals surface area contributed by atoms with E-state index in [1.54, 1.807) is 11.9 Å². The van der Waals surface area contributed by atoms with Crippen molar-refractivity contribution in [1.29, 1.82) is 0 Å². The number of nitrogens with one attached hydrogen (secondary N) is 1. The largest absolute Gasteiger partial charge is 0.383 e. The van der Waals surface area contributed by atoms with Crippen LogP contribution in [-0.2, 0) is 0 Å².